The van der Waals surface area contributed by atoms with Crippen LogP contribution in [0.5, 0.6) is 0 Å². The molecule has 7 nitrogen and oxygen atoms in total. The first-order chi connectivity index (χ1) is 15.7. The van der Waals surface area contributed by atoms with Crippen LogP contribution in [0.2, 0.25) is 0 Å². The molecule has 0 aliphatic carbocycles. The van der Waals surface area contributed by atoms with Crippen molar-refractivity contribution in [1.29, 1.82) is 0 Å². The number of amides is 1. The molecule has 1 fully saturated rings. The fourth-order valence-corrected chi connectivity index (χ4v) is 6.60. The van der Waals surface area contributed by atoms with Crippen LogP contribution >= 0.6 is 11.3 Å². The van der Waals surface area contributed by atoms with Crippen molar-refractivity contribution < 1.29 is 26.5 Å². The van der Waals surface area contributed by atoms with Gasteiger partial charge in [-0.3, -0.25) is 4.79 Å². The number of hydrogen-bond acceptors (Lipinski definition) is 6. The zero-order valence-electron chi connectivity index (χ0n) is 18.1. The van der Waals surface area contributed by atoms with Gasteiger partial charge in [-0.25, -0.2) is 17.2 Å². The van der Waals surface area contributed by atoms with E-state index in [9.17, 15) is 22.0 Å². The van der Waals surface area contributed by atoms with Crippen molar-refractivity contribution in [3.63, 3.8) is 0 Å². The molecule has 3 aromatic rings. The van der Waals surface area contributed by atoms with Crippen LogP contribution in [0.3, 0.4) is 0 Å². The lowest BCUT2D eigenvalue weighted by Crippen LogP contribution is -2.47. The summed E-state index contributed by atoms with van der Waals surface area (Å²) >= 11 is 1.41. The first-order valence-corrected chi connectivity index (χ1v) is 12.7. The topological polar surface area (TPSA) is 83.7 Å². The van der Waals surface area contributed by atoms with Crippen LogP contribution in [0.1, 0.15) is 29.2 Å². The van der Waals surface area contributed by atoms with Gasteiger partial charge in [-0.15, -0.1) is 11.3 Å². The largest absolute Gasteiger partial charge is 0.360 e. The molecule has 1 aromatic carbocycles. The molecule has 1 aliphatic rings. The Bertz CT molecular complexity index is 1240. The van der Waals surface area contributed by atoms with Crippen molar-refractivity contribution in [2.24, 2.45) is 5.92 Å². The van der Waals surface area contributed by atoms with Crippen LogP contribution in [0.4, 0.5) is 14.5 Å². The molecule has 4 rings (SSSR count). The second kappa shape index (κ2) is 9.32. The van der Waals surface area contributed by atoms with Crippen molar-refractivity contribution in [1.82, 2.24) is 9.46 Å². The van der Waals surface area contributed by atoms with Gasteiger partial charge in [0.15, 0.2) is 5.76 Å². The van der Waals surface area contributed by atoms with Gasteiger partial charge in [-0.1, -0.05) is 11.2 Å². The lowest BCUT2D eigenvalue weighted by Gasteiger charge is -2.34. The summed E-state index contributed by atoms with van der Waals surface area (Å²) in [6, 6.07) is 6.71. The molecule has 176 valence electrons. The number of hydrogen-bond donors (Lipinski definition) is 0. The van der Waals surface area contributed by atoms with Crippen LogP contribution in [0.15, 0.2) is 45.1 Å². The van der Waals surface area contributed by atoms with Crippen LogP contribution in [0, 0.1) is 31.4 Å². The minimum Gasteiger partial charge on any atom is -0.360 e. The predicted molar refractivity (Wildman–Crippen MR) is 119 cm³/mol. The number of aryl methyl sites for hydroxylation is 2. The van der Waals surface area contributed by atoms with Crippen molar-refractivity contribution in [3.05, 3.63) is 63.7 Å². The second-order valence-electron chi connectivity index (χ2n) is 7.95. The average Bonchev–Trinajstić information content (AvgIpc) is 3.41. The molecule has 1 atom stereocenters. The predicted octanol–water partition coefficient (Wildman–Crippen LogP) is 4.27. The van der Waals surface area contributed by atoms with Gasteiger partial charge in [0.2, 0.25) is 15.9 Å². The highest BCUT2D eigenvalue weighted by Crippen LogP contribution is 2.31. The van der Waals surface area contributed by atoms with Gasteiger partial charge >= 0.3 is 0 Å². The molecular weight excluding hydrogens is 472 g/mol. The molecule has 0 bridgehead atoms. The van der Waals surface area contributed by atoms with Gasteiger partial charge in [0.25, 0.3) is 0 Å². The quantitative estimate of drug-likeness (QED) is 0.510. The third-order valence-corrected chi connectivity index (χ3v) is 8.63. The third-order valence-electron chi connectivity index (χ3n) is 5.66. The zero-order valence-corrected chi connectivity index (χ0v) is 19.8. The number of carbonyl (C=O) groups is 1. The molecule has 0 saturated carbocycles. The molecule has 1 amide bonds. The van der Waals surface area contributed by atoms with Crippen LogP contribution in [-0.4, -0.2) is 36.9 Å². The van der Waals surface area contributed by atoms with E-state index in [1.165, 1.54) is 33.5 Å². The minimum absolute atomic E-state index is 0.00983. The molecule has 1 unspecified atom stereocenters. The molecule has 0 radical (unpaired) electrons. The molecule has 11 heteroatoms. The van der Waals surface area contributed by atoms with Gasteiger partial charge in [0.1, 0.15) is 22.2 Å². The summed E-state index contributed by atoms with van der Waals surface area (Å²) in [5, 5.41) is 5.58. The molecule has 1 saturated heterocycles. The SMILES string of the molecule is Cc1noc(C)c1S(=O)(=O)N1CCCC(C(=O)N(Cc2cccs2)c2ccc(F)cc2F)C1. The fraction of sp³-hybridized carbons (Fsp3) is 0.364. The van der Waals surface area contributed by atoms with Crippen molar-refractivity contribution >= 4 is 33.0 Å². The van der Waals surface area contributed by atoms with E-state index < -0.39 is 33.5 Å². The van der Waals surface area contributed by atoms with E-state index in [0.29, 0.717) is 12.8 Å². The summed E-state index contributed by atoms with van der Waals surface area (Å²) in [7, 11) is -3.92. The number of halogens is 2. The Labute approximate surface area is 194 Å². The number of nitrogens with zero attached hydrogens (tertiary/aromatic N) is 3. The lowest BCUT2D eigenvalue weighted by atomic mass is 9.97. The summed E-state index contributed by atoms with van der Waals surface area (Å²) in [6.07, 6.45) is 0.925. The first-order valence-electron chi connectivity index (χ1n) is 10.4. The number of thiophene rings is 1. The number of anilines is 1. The molecule has 3 heterocycles. The number of sulfonamides is 1. The summed E-state index contributed by atoms with van der Waals surface area (Å²) in [5.41, 5.74) is 0.217. The maximum Gasteiger partial charge on any atom is 0.248 e. The van der Waals surface area contributed by atoms with Crippen molar-refractivity contribution in [3.8, 4) is 0 Å². The average molecular weight is 496 g/mol. The summed E-state index contributed by atoms with van der Waals surface area (Å²) in [5.74, 6) is -2.50. The Kier molecular flexibility index (Phi) is 6.64. The van der Waals surface area contributed by atoms with E-state index in [1.54, 1.807) is 6.92 Å². The van der Waals surface area contributed by atoms with Gasteiger partial charge < -0.3 is 9.42 Å². The second-order valence-corrected chi connectivity index (χ2v) is 10.9. The van der Waals surface area contributed by atoms with Gasteiger partial charge in [-0.2, -0.15) is 4.31 Å². The Morgan fingerprint density at radius 1 is 1.30 bits per heavy atom. The Hall–Kier alpha value is -2.63. The number of carbonyl (C=O) groups excluding carboxylic acids is 1. The smallest absolute Gasteiger partial charge is 0.248 e. The summed E-state index contributed by atoms with van der Waals surface area (Å²) < 4.78 is 60.9. The van der Waals surface area contributed by atoms with E-state index in [0.717, 1.165) is 17.0 Å². The van der Waals surface area contributed by atoms with Crippen molar-refractivity contribution in [2.45, 2.75) is 38.1 Å². The Morgan fingerprint density at radius 3 is 2.73 bits per heavy atom. The normalized spacial score (nSPS) is 17.3. The van der Waals surface area contributed by atoms with Crippen LogP contribution in [-0.2, 0) is 21.4 Å². The monoisotopic (exact) mass is 495 g/mol. The molecule has 1 aliphatic heterocycles. The van der Waals surface area contributed by atoms with Crippen LogP contribution < -0.4 is 4.90 Å². The Morgan fingerprint density at radius 2 is 2.09 bits per heavy atom. The first kappa shape index (κ1) is 23.5. The third kappa shape index (κ3) is 4.71. The highest BCUT2D eigenvalue weighted by molar-refractivity contribution is 7.89. The van der Waals surface area contributed by atoms with E-state index in [1.807, 2.05) is 17.5 Å². The fourth-order valence-electron chi connectivity index (χ4n) is 4.10. The maximum atomic E-state index is 14.6. The summed E-state index contributed by atoms with van der Waals surface area (Å²) in [4.78, 5) is 15.7. The lowest BCUT2D eigenvalue weighted by molar-refractivity contribution is -0.123. The summed E-state index contributed by atoms with van der Waals surface area (Å²) in [6.45, 7) is 3.39. The highest BCUT2D eigenvalue weighted by atomic mass is 32.2. The molecule has 0 spiro atoms. The standard InChI is InChI=1S/C22H23F2N3O4S2/c1-14-21(15(2)31-25-14)33(29,30)26-9-3-5-16(12-26)22(28)27(13-18-6-4-10-32-18)20-8-7-17(23)11-19(20)24/h4,6-8,10-11,16H,3,5,9,12-13H2,1-2H3. The molecule has 33 heavy (non-hydrogen) atoms. The molecule has 0 N–H and O–H groups in total. The zero-order chi connectivity index (χ0) is 23.8. The highest BCUT2D eigenvalue weighted by Gasteiger charge is 2.38. The number of benzene rings is 1. The van der Waals surface area contributed by atoms with Gasteiger partial charge in [0.05, 0.1) is 18.2 Å². The van der Waals surface area contributed by atoms with Crippen molar-refractivity contribution in [2.75, 3.05) is 18.0 Å². The van der Waals surface area contributed by atoms with E-state index in [-0.39, 0.29) is 41.7 Å². The maximum absolute atomic E-state index is 14.6. The van der Waals surface area contributed by atoms with E-state index in [4.69, 9.17) is 4.52 Å². The van der Waals surface area contributed by atoms with Gasteiger partial charge in [0, 0.05) is 24.0 Å². The van der Waals surface area contributed by atoms with E-state index in [2.05, 4.69) is 5.16 Å². The molecular formula is C22H23F2N3O4S2. The molecule has 2 aromatic heterocycles. The van der Waals surface area contributed by atoms with E-state index >= 15 is 0 Å². The Balaban J connectivity index is 1.63. The van der Waals surface area contributed by atoms with Crippen LogP contribution in [0.25, 0.3) is 0 Å². The van der Waals surface area contributed by atoms with Gasteiger partial charge in [-0.05, 0) is 50.3 Å². The minimum atomic E-state index is -3.92. The number of aromatic nitrogens is 1. The number of rotatable bonds is 6. The number of piperidine rings is 1.